The van der Waals surface area contributed by atoms with Gasteiger partial charge in [-0.15, -0.1) is 0 Å². The summed E-state index contributed by atoms with van der Waals surface area (Å²) in [7, 11) is -3.51. The summed E-state index contributed by atoms with van der Waals surface area (Å²) in [6.45, 7) is 1.88. The molecule has 0 saturated heterocycles. The fraction of sp³-hybridized carbons (Fsp3) is 0.0952. The highest BCUT2D eigenvalue weighted by Gasteiger charge is 2.12. The smallest absolute Gasteiger partial charge is 0.236 e. The summed E-state index contributed by atoms with van der Waals surface area (Å²) in [6.07, 6.45) is 4.91. The predicted octanol–water partition coefficient (Wildman–Crippen LogP) is 3.70. The van der Waals surface area contributed by atoms with Gasteiger partial charge in [-0.2, -0.15) is 0 Å². The molecule has 0 aliphatic carbocycles. The lowest BCUT2D eigenvalue weighted by atomic mass is 10.2. The van der Waals surface area contributed by atoms with Crippen LogP contribution in [0.15, 0.2) is 79.4 Å². The van der Waals surface area contributed by atoms with Crippen LogP contribution in [0, 0.1) is 6.92 Å². The minimum atomic E-state index is -3.51. The van der Waals surface area contributed by atoms with Crippen molar-refractivity contribution >= 4 is 15.7 Å². The molecule has 2 aromatic carbocycles. The molecule has 2 heterocycles. The van der Waals surface area contributed by atoms with Crippen LogP contribution in [0.2, 0.25) is 0 Å². The first-order valence-corrected chi connectivity index (χ1v) is 10.8. The van der Waals surface area contributed by atoms with Crippen molar-refractivity contribution in [2.45, 2.75) is 12.7 Å². The van der Waals surface area contributed by atoms with E-state index in [9.17, 15) is 8.42 Å². The van der Waals surface area contributed by atoms with Crippen molar-refractivity contribution in [2.75, 3.05) is 4.72 Å². The molecule has 0 aliphatic heterocycles. The van der Waals surface area contributed by atoms with Crippen LogP contribution in [0.1, 0.15) is 11.4 Å². The van der Waals surface area contributed by atoms with Crippen LogP contribution in [0.4, 0.5) is 5.69 Å². The molecule has 9 heteroatoms. The fourth-order valence-corrected chi connectivity index (χ4v) is 4.06. The summed E-state index contributed by atoms with van der Waals surface area (Å²) in [4.78, 5) is 12.5. The van der Waals surface area contributed by atoms with Gasteiger partial charge in [-0.3, -0.25) is 9.29 Å². The van der Waals surface area contributed by atoms with E-state index in [0.717, 1.165) is 11.4 Å². The molecule has 0 spiro atoms. The highest BCUT2D eigenvalue weighted by atomic mass is 32.2. The number of hydrogen-bond acceptors (Lipinski definition) is 6. The van der Waals surface area contributed by atoms with Gasteiger partial charge in [0.05, 0.1) is 5.75 Å². The van der Waals surface area contributed by atoms with Gasteiger partial charge < -0.3 is 4.74 Å². The average Bonchev–Trinajstić information content (AvgIpc) is 3.16. The largest absolute Gasteiger partial charge is 0.439 e. The Labute approximate surface area is 174 Å². The van der Waals surface area contributed by atoms with Gasteiger partial charge in [-0.05, 0) is 36.8 Å². The van der Waals surface area contributed by atoms with Crippen LogP contribution >= 0.6 is 0 Å². The molecule has 4 aromatic rings. The number of benzene rings is 2. The van der Waals surface area contributed by atoms with E-state index in [2.05, 4.69) is 19.7 Å². The summed E-state index contributed by atoms with van der Waals surface area (Å²) in [5, 5.41) is 0. The normalized spacial score (nSPS) is 11.2. The average molecular weight is 421 g/mol. The molecule has 0 unspecified atom stereocenters. The Balaban J connectivity index is 1.44. The van der Waals surface area contributed by atoms with Crippen molar-refractivity contribution < 1.29 is 13.2 Å². The second-order valence-corrected chi connectivity index (χ2v) is 8.25. The Bertz CT molecular complexity index is 1240. The van der Waals surface area contributed by atoms with Crippen molar-refractivity contribution in [3.05, 3.63) is 90.8 Å². The van der Waals surface area contributed by atoms with Gasteiger partial charge in [0.25, 0.3) is 0 Å². The number of ether oxygens (including phenoxy) is 1. The number of hydrogen-bond donors (Lipinski definition) is 1. The van der Waals surface area contributed by atoms with Crippen molar-refractivity contribution in [2.24, 2.45) is 0 Å². The lowest BCUT2D eigenvalue weighted by Gasteiger charge is -2.10. The molecule has 4 rings (SSSR count). The maximum absolute atomic E-state index is 12.4. The van der Waals surface area contributed by atoms with E-state index in [-0.39, 0.29) is 5.75 Å². The number of imidazole rings is 1. The molecule has 0 amide bonds. The number of nitrogens with zero attached hydrogens (tertiary/aromatic N) is 4. The third kappa shape index (κ3) is 4.81. The molecule has 0 radical (unpaired) electrons. The summed E-state index contributed by atoms with van der Waals surface area (Å²) in [5.41, 5.74) is 1.17. The highest BCUT2D eigenvalue weighted by molar-refractivity contribution is 7.91. The number of aromatic nitrogens is 4. The number of anilines is 1. The first-order chi connectivity index (χ1) is 14.5. The minimum Gasteiger partial charge on any atom is -0.439 e. The van der Waals surface area contributed by atoms with Gasteiger partial charge in [0.1, 0.15) is 23.7 Å². The summed E-state index contributed by atoms with van der Waals surface area (Å²) in [5.74, 6) is 2.23. The predicted molar refractivity (Wildman–Crippen MR) is 113 cm³/mol. The number of sulfonamides is 1. The molecule has 0 aliphatic rings. The molecule has 2 aromatic heterocycles. The molecule has 152 valence electrons. The van der Waals surface area contributed by atoms with Crippen molar-refractivity contribution in [1.29, 1.82) is 0 Å². The van der Waals surface area contributed by atoms with Crippen LogP contribution in [-0.4, -0.2) is 27.9 Å². The summed E-state index contributed by atoms with van der Waals surface area (Å²) in [6, 6.07) is 17.3. The van der Waals surface area contributed by atoms with Crippen LogP contribution in [0.25, 0.3) is 5.82 Å². The fourth-order valence-electron chi connectivity index (χ4n) is 2.86. The lowest BCUT2D eigenvalue weighted by molar-refractivity contribution is 0.461. The van der Waals surface area contributed by atoms with Gasteiger partial charge in [0.15, 0.2) is 0 Å². The summed E-state index contributed by atoms with van der Waals surface area (Å²) >= 11 is 0. The Kier molecular flexibility index (Phi) is 5.44. The number of rotatable bonds is 7. The topological polar surface area (TPSA) is 99.0 Å². The van der Waals surface area contributed by atoms with Crippen LogP contribution in [-0.2, 0) is 15.8 Å². The van der Waals surface area contributed by atoms with Gasteiger partial charge in [0.2, 0.25) is 15.9 Å². The van der Waals surface area contributed by atoms with Crippen molar-refractivity contribution in [3.8, 4) is 17.4 Å². The Hall–Kier alpha value is -3.72. The van der Waals surface area contributed by atoms with E-state index >= 15 is 0 Å². The van der Waals surface area contributed by atoms with E-state index in [1.807, 2.05) is 29.7 Å². The Morgan fingerprint density at radius 1 is 1.00 bits per heavy atom. The molecule has 1 N–H and O–H groups in total. The third-order valence-corrected chi connectivity index (χ3v) is 5.51. The van der Waals surface area contributed by atoms with Crippen LogP contribution in [0.3, 0.4) is 0 Å². The quantitative estimate of drug-likeness (QED) is 0.488. The zero-order chi connectivity index (χ0) is 21.0. The Morgan fingerprint density at radius 3 is 2.47 bits per heavy atom. The SMILES string of the molecule is Cc1nccn1-c1cc(Oc2ccc(NS(=O)(=O)Cc3ccccc3)cc2)ncn1. The zero-order valence-electron chi connectivity index (χ0n) is 16.1. The minimum absolute atomic E-state index is 0.0938. The number of nitrogens with one attached hydrogen (secondary N) is 1. The molecule has 8 nitrogen and oxygen atoms in total. The molecule has 0 fully saturated rings. The maximum atomic E-state index is 12.4. The first kappa shape index (κ1) is 19.6. The van der Waals surface area contributed by atoms with Crippen LogP contribution < -0.4 is 9.46 Å². The monoisotopic (exact) mass is 421 g/mol. The molecule has 30 heavy (non-hydrogen) atoms. The van der Waals surface area contributed by atoms with E-state index in [1.54, 1.807) is 54.9 Å². The Morgan fingerprint density at radius 2 is 1.77 bits per heavy atom. The maximum Gasteiger partial charge on any atom is 0.236 e. The molecule has 0 bridgehead atoms. The van der Waals surface area contributed by atoms with Crippen LogP contribution in [0.5, 0.6) is 11.6 Å². The van der Waals surface area contributed by atoms with E-state index < -0.39 is 10.0 Å². The number of aryl methyl sites for hydroxylation is 1. The molecular weight excluding hydrogens is 402 g/mol. The zero-order valence-corrected chi connectivity index (χ0v) is 17.0. The second kappa shape index (κ2) is 8.34. The molecule has 0 saturated carbocycles. The van der Waals surface area contributed by atoms with Gasteiger partial charge >= 0.3 is 0 Å². The van der Waals surface area contributed by atoms with E-state index in [0.29, 0.717) is 23.1 Å². The van der Waals surface area contributed by atoms with Crippen molar-refractivity contribution in [3.63, 3.8) is 0 Å². The van der Waals surface area contributed by atoms with Gasteiger partial charge in [-0.1, -0.05) is 30.3 Å². The second-order valence-electron chi connectivity index (χ2n) is 6.53. The van der Waals surface area contributed by atoms with E-state index in [4.69, 9.17) is 4.74 Å². The highest BCUT2D eigenvalue weighted by Crippen LogP contribution is 2.23. The van der Waals surface area contributed by atoms with Gasteiger partial charge in [-0.25, -0.2) is 23.4 Å². The molecular formula is C21H19N5O3S. The van der Waals surface area contributed by atoms with Gasteiger partial charge in [0, 0.05) is 24.1 Å². The standard InChI is InChI=1S/C21H19N5O3S/c1-16-22-11-12-26(16)20-13-21(24-15-23-20)29-19-9-7-18(8-10-19)25-30(27,28)14-17-5-3-2-4-6-17/h2-13,15,25H,14H2,1H3. The first-order valence-electron chi connectivity index (χ1n) is 9.13. The summed E-state index contributed by atoms with van der Waals surface area (Å²) < 4.78 is 34.9. The third-order valence-electron chi connectivity index (χ3n) is 4.25. The van der Waals surface area contributed by atoms with E-state index in [1.165, 1.54) is 6.33 Å². The molecule has 0 atom stereocenters. The lowest BCUT2D eigenvalue weighted by Crippen LogP contribution is -2.14. The van der Waals surface area contributed by atoms with Crippen molar-refractivity contribution in [1.82, 2.24) is 19.5 Å².